The average Bonchev–Trinajstić information content (AvgIpc) is 2.73. The first-order chi connectivity index (χ1) is 14.8. The number of nitro benzene ring substituents is 1. The lowest BCUT2D eigenvalue weighted by molar-refractivity contribution is -0.384. The van der Waals surface area contributed by atoms with Gasteiger partial charge in [-0.15, -0.1) is 0 Å². The van der Waals surface area contributed by atoms with Gasteiger partial charge in [-0.2, -0.15) is 0 Å². The highest BCUT2D eigenvalue weighted by atomic mass is 35.5. The number of anilines is 3. The van der Waals surface area contributed by atoms with Gasteiger partial charge in [-0.05, 0) is 24.3 Å². The Bertz CT molecular complexity index is 1190. The quantitative estimate of drug-likeness (QED) is 0.266. The van der Waals surface area contributed by atoms with Crippen molar-refractivity contribution in [3.8, 4) is 0 Å². The largest absolute Gasteiger partial charge is 0.355 e. The monoisotopic (exact) mass is 464 g/mol. The van der Waals surface area contributed by atoms with Gasteiger partial charge >= 0.3 is 5.69 Å². The number of carbonyl (C=O) groups is 1. The number of nitrogens with zero attached hydrogens (tertiary/aromatic N) is 5. The lowest BCUT2D eigenvalue weighted by atomic mass is 10.2. The van der Waals surface area contributed by atoms with Gasteiger partial charge in [-0.1, -0.05) is 23.2 Å². The maximum absolute atomic E-state index is 12.3. The van der Waals surface area contributed by atoms with Crippen molar-refractivity contribution in [3.05, 3.63) is 78.8 Å². The lowest BCUT2D eigenvalue weighted by Crippen LogP contribution is -2.30. The number of halogens is 2. The molecule has 1 amide bonds. The molecule has 0 fully saturated rings. The standard InChI is InChI=1S/C16H10Cl2N8O5/c17-9-4-3-8(6-11(9)25(28)29)16(27)24-23-15-12(26(30)31)14(20-7-21-15)22-10-2-1-5-19-13(10)18/h1-7H,(H,24,27)(H2,20,21,22,23). The zero-order chi connectivity index (χ0) is 22.5. The van der Waals surface area contributed by atoms with Crippen molar-refractivity contribution in [1.29, 1.82) is 0 Å². The van der Waals surface area contributed by atoms with E-state index in [9.17, 15) is 25.0 Å². The van der Waals surface area contributed by atoms with Crippen LogP contribution in [0.2, 0.25) is 10.2 Å². The molecule has 15 heteroatoms. The smallest absolute Gasteiger partial charge is 0.332 e. The van der Waals surface area contributed by atoms with E-state index in [-0.39, 0.29) is 33.1 Å². The molecule has 158 valence electrons. The molecule has 0 aliphatic rings. The predicted molar refractivity (Wildman–Crippen MR) is 110 cm³/mol. The number of benzene rings is 1. The number of hydrogen-bond acceptors (Lipinski definition) is 10. The van der Waals surface area contributed by atoms with E-state index >= 15 is 0 Å². The van der Waals surface area contributed by atoms with E-state index in [2.05, 4.69) is 31.1 Å². The van der Waals surface area contributed by atoms with Gasteiger partial charge in [0, 0.05) is 17.8 Å². The third kappa shape index (κ3) is 4.91. The number of hydrazine groups is 1. The van der Waals surface area contributed by atoms with Crippen molar-refractivity contribution in [3.63, 3.8) is 0 Å². The summed E-state index contributed by atoms with van der Waals surface area (Å²) in [4.78, 5) is 44.8. The zero-order valence-electron chi connectivity index (χ0n) is 15.1. The number of hydrogen-bond donors (Lipinski definition) is 3. The summed E-state index contributed by atoms with van der Waals surface area (Å²) in [5, 5.41) is 25.1. The van der Waals surface area contributed by atoms with E-state index in [1.54, 1.807) is 6.07 Å². The van der Waals surface area contributed by atoms with Crippen LogP contribution in [0.3, 0.4) is 0 Å². The van der Waals surface area contributed by atoms with Gasteiger partial charge in [0.25, 0.3) is 11.6 Å². The number of nitrogens with one attached hydrogen (secondary N) is 3. The minimum Gasteiger partial charge on any atom is -0.332 e. The maximum atomic E-state index is 12.3. The van der Waals surface area contributed by atoms with E-state index < -0.39 is 27.1 Å². The molecule has 13 nitrogen and oxygen atoms in total. The van der Waals surface area contributed by atoms with Crippen LogP contribution >= 0.6 is 23.2 Å². The third-order valence-corrected chi connectivity index (χ3v) is 4.34. The summed E-state index contributed by atoms with van der Waals surface area (Å²) in [5.41, 5.74) is 3.58. The molecule has 0 spiro atoms. The van der Waals surface area contributed by atoms with Crippen molar-refractivity contribution in [1.82, 2.24) is 20.4 Å². The molecular formula is C16H10Cl2N8O5. The molecule has 0 saturated heterocycles. The maximum Gasteiger partial charge on any atom is 0.355 e. The molecule has 0 atom stereocenters. The first kappa shape index (κ1) is 21.6. The Balaban J connectivity index is 1.84. The summed E-state index contributed by atoms with van der Waals surface area (Å²) in [6, 6.07) is 6.49. The minimum absolute atomic E-state index is 0.0579. The van der Waals surface area contributed by atoms with Gasteiger partial charge in [0.15, 0.2) is 5.15 Å². The third-order valence-electron chi connectivity index (χ3n) is 3.72. The number of carbonyl (C=O) groups excluding carboxylic acids is 1. The van der Waals surface area contributed by atoms with Crippen molar-refractivity contribution in [2.75, 3.05) is 10.7 Å². The number of aromatic nitrogens is 3. The fourth-order valence-electron chi connectivity index (χ4n) is 2.32. The van der Waals surface area contributed by atoms with Crippen LogP contribution in [-0.4, -0.2) is 30.7 Å². The summed E-state index contributed by atoms with van der Waals surface area (Å²) in [5.74, 6) is -1.38. The Labute approximate surface area is 182 Å². The molecule has 1 aromatic carbocycles. The SMILES string of the molecule is O=C(NNc1ncnc(Nc2cccnc2Cl)c1[N+](=O)[O-])c1ccc(Cl)c([N+](=O)[O-])c1. The number of rotatable bonds is 7. The second-order valence-electron chi connectivity index (χ2n) is 5.65. The zero-order valence-corrected chi connectivity index (χ0v) is 16.6. The minimum atomic E-state index is -0.822. The summed E-state index contributed by atoms with van der Waals surface area (Å²) in [6.45, 7) is 0. The van der Waals surface area contributed by atoms with Gasteiger partial charge in [0.1, 0.15) is 11.3 Å². The predicted octanol–water partition coefficient (Wildman–Crippen LogP) is 3.50. The summed E-state index contributed by atoms with van der Waals surface area (Å²) >= 11 is 11.7. The van der Waals surface area contributed by atoms with Gasteiger partial charge in [0.2, 0.25) is 11.6 Å². The molecule has 0 bridgehead atoms. The highest BCUT2D eigenvalue weighted by molar-refractivity contribution is 6.33. The molecule has 0 radical (unpaired) electrons. The number of amides is 1. The fraction of sp³-hybridized carbons (Fsp3) is 0. The molecule has 2 heterocycles. The van der Waals surface area contributed by atoms with Crippen LogP contribution in [-0.2, 0) is 0 Å². The van der Waals surface area contributed by atoms with Crippen molar-refractivity contribution in [2.24, 2.45) is 0 Å². The summed E-state index contributed by atoms with van der Waals surface area (Å²) < 4.78 is 0. The van der Waals surface area contributed by atoms with E-state index in [1.807, 2.05) is 0 Å². The van der Waals surface area contributed by atoms with Gasteiger partial charge in [-0.25, -0.2) is 15.0 Å². The van der Waals surface area contributed by atoms with Crippen LogP contribution in [0.5, 0.6) is 0 Å². The molecule has 2 aromatic heterocycles. The Morgan fingerprint density at radius 1 is 1.00 bits per heavy atom. The van der Waals surface area contributed by atoms with Crippen LogP contribution in [0.1, 0.15) is 10.4 Å². The first-order valence-corrected chi connectivity index (χ1v) is 8.90. The van der Waals surface area contributed by atoms with Crippen LogP contribution in [0.25, 0.3) is 0 Å². The van der Waals surface area contributed by atoms with E-state index in [4.69, 9.17) is 23.2 Å². The molecule has 0 unspecified atom stereocenters. The van der Waals surface area contributed by atoms with Crippen molar-refractivity contribution < 1.29 is 14.6 Å². The molecule has 3 N–H and O–H groups in total. The Morgan fingerprint density at radius 3 is 2.42 bits per heavy atom. The van der Waals surface area contributed by atoms with Crippen molar-refractivity contribution >= 4 is 57.8 Å². The second-order valence-corrected chi connectivity index (χ2v) is 6.41. The molecule has 3 rings (SSSR count). The topological polar surface area (TPSA) is 178 Å². The fourth-order valence-corrected chi connectivity index (χ4v) is 2.68. The highest BCUT2D eigenvalue weighted by Crippen LogP contribution is 2.32. The summed E-state index contributed by atoms with van der Waals surface area (Å²) in [7, 11) is 0. The van der Waals surface area contributed by atoms with E-state index in [1.165, 1.54) is 24.4 Å². The van der Waals surface area contributed by atoms with E-state index in [0.717, 1.165) is 12.4 Å². The van der Waals surface area contributed by atoms with Crippen molar-refractivity contribution in [2.45, 2.75) is 0 Å². The van der Waals surface area contributed by atoms with Crippen LogP contribution in [0.4, 0.5) is 28.7 Å². The Morgan fingerprint density at radius 2 is 1.74 bits per heavy atom. The molecule has 31 heavy (non-hydrogen) atoms. The van der Waals surface area contributed by atoms with E-state index in [0.29, 0.717) is 0 Å². The average molecular weight is 465 g/mol. The Kier molecular flexibility index (Phi) is 6.37. The van der Waals surface area contributed by atoms with Gasteiger partial charge in [0.05, 0.1) is 15.5 Å². The van der Waals surface area contributed by atoms with Crippen LogP contribution < -0.4 is 16.2 Å². The normalized spacial score (nSPS) is 10.3. The second kappa shape index (κ2) is 9.15. The first-order valence-electron chi connectivity index (χ1n) is 8.15. The van der Waals surface area contributed by atoms with Crippen LogP contribution in [0, 0.1) is 20.2 Å². The van der Waals surface area contributed by atoms with Crippen LogP contribution in [0.15, 0.2) is 42.9 Å². The highest BCUT2D eigenvalue weighted by Gasteiger charge is 2.24. The molecule has 0 aliphatic heterocycles. The number of nitro groups is 2. The van der Waals surface area contributed by atoms with Gasteiger partial charge < -0.3 is 5.32 Å². The Hall–Kier alpha value is -4.10. The lowest BCUT2D eigenvalue weighted by Gasteiger charge is -2.11. The molecular weight excluding hydrogens is 455 g/mol. The molecule has 0 saturated carbocycles. The number of pyridine rings is 1. The molecule has 3 aromatic rings. The summed E-state index contributed by atoms with van der Waals surface area (Å²) in [6.07, 6.45) is 2.45. The molecule has 0 aliphatic carbocycles. The van der Waals surface area contributed by atoms with Gasteiger partial charge in [-0.3, -0.25) is 35.9 Å².